The smallest absolute Gasteiger partial charge is 0.0882 e. The fraction of sp³-hybridized carbons (Fsp3) is 0.667. The van der Waals surface area contributed by atoms with E-state index in [2.05, 4.69) is 52.0 Å². The maximum Gasteiger partial charge on any atom is 0.0882 e. The summed E-state index contributed by atoms with van der Waals surface area (Å²) in [7, 11) is 0. The lowest BCUT2D eigenvalue weighted by molar-refractivity contribution is 0.366. The van der Waals surface area contributed by atoms with Gasteiger partial charge >= 0.3 is 0 Å². The van der Waals surface area contributed by atoms with Crippen LogP contribution >= 0.6 is 0 Å². The van der Waals surface area contributed by atoms with E-state index in [-0.39, 0.29) is 0 Å². The predicted octanol–water partition coefficient (Wildman–Crippen LogP) is 4.63. The molecule has 1 fully saturated rings. The van der Waals surface area contributed by atoms with Crippen molar-refractivity contribution in [3.05, 3.63) is 35.4 Å². The molecule has 1 aromatic carbocycles. The van der Waals surface area contributed by atoms with Crippen LogP contribution in [0.5, 0.6) is 0 Å². The molecule has 0 saturated carbocycles. The van der Waals surface area contributed by atoms with Gasteiger partial charge in [-0.15, -0.1) is 0 Å². The molecule has 19 heavy (non-hydrogen) atoms. The average molecular weight is 260 g/mol. The second kappa shape index (κ2) is 6.56. The Labute approximate surface area is 118 Å². The van der Waals surface area contributed by atoms with Crippen LogP contribution in [0.1, 0.15) is 51.7 Å². The molecule has 0 aliphatic carbocycles. The molecule has 0 spiro atoms. The molecule has 4 unspecified atom stereocenters. The molecule has 1 nitrogen and oxygen atoms in total. The molecule has 2 rings (SSSR count). The topological polar surface area (TPSA) is 12.5 Å². The average Bonchev–Trinajstić information content (AvgIpc) is 3.18. The molecule has 1 heteroatoms. The van der Waals surface area contributed by atoms with Crippen molar-refractivity contribution >= 4 is 0 Å². The highest BCUT2D eigenvalue weighted by atomic mass is 16.6. The minimum atomic E-state index is 0.481. The molecular weight excluding hydrogens is 232 g/mol. The molecule has 1 aromatic rings. The Kier molecular flexibility index (Phi) is 5.04. The van der Waals surface area contributed by atoms with Gasteiger partial charge in [-0.1, -0.05) is 58.4 Å². The minimum absolute atomic E-state index is 0.481. The van der Waals surface area contributed by atoms with Crippen LogP contribution in [0.4, 0.5) is 0 Å². The number of rotatable bonds is 7. The summed E-state index contributed by atoms with van der Waals surface area (Å²) < 4.78 is 5.61. The van der Waals surface area contributed by atoms with Crippen molar-refractivity contribution in [2.24, 2.45) is 11.8 Å². The summed E-state index contributed by atoms with van der Waals surface area (Å²) in [5.74, 6) is 1.58. The first kappa shape index (κ1) is 14.6. The number of benzene rings is 1. The highest BCUT2D eigenvalue weighted by molar-refractivity contribution is 5.24. The minimum Gasteiger partial charge on any atom is -0.369 e. The summed E-state index contributed by atoms with van der Waals surface area (Å²) in [5, 5.41) is 0. The van der Waals surface area contributed by atoms with Crippen LogP contribution in [-0.4, -0.2) is 12.2 Å². The van der Waals surface area contributed by atoms with E-state index in [4.69, 9.17) is 4.74 Å². The third-order valence-electron chi connectivity index (χ3n) is 4.72. The Balaban J connectivity index is 1.84. The zero-order valence-electron chi connectivity index (χ0n) is 12.9. The first-order valence-electron chi connectivity index (χ1n) is 7.87. The normalized spacial score (nSPS) is 25.1. The van der Waals surface area contributed by atoms with Gasteiger partial charge in [-0.05, 0) is 35.8 Å². The summed E-state index contributed by atoms with van der Waals surface area (Å²) in [6, 6.07) is 9.18. The number of epoxide rings is 1. The van der Waals surface area contributed by atoms with Gasteiger partial charge in [0.15, 0.2) is 0 Å². The highest BCUT2D eigenvalue weighted by Gasteiger charge is 2.36. The Morgan fingerprint density at radius 2 is 1.58 bits per heavy atom. The second-order valence-corrected chi connectivity index (χ2v) is 6.21. The molecular formula is C18H28O. The van der Waals surface area contributed by atoms with Crippen molar-refractivity contribution in [2.45, 2.75) is 65.6 Å². The van der Waals surface area contributed by atoms with Gasteiger partial charge in [0.2, 0.25) is 0 Å². The lowest BCUT2D eigenvalue weighted by Crippen LogP contribution is -2.10. The van der Waals surface area contributed by atoms with Crippen molar-refractivity contribution < 1.29 is 4.74 Å². The van der Waals surface area contributed by atoms with Gasteiger partial charge in [-0.2, -0.15) is 0 Å². The number of ether oxygens (including phenoxy) is 1. The van der Waals surface area contributed by atoms with E-state index in [9.17, 15) is 0 Å². The molecule has 0 bridgehead atoms. The molecule has 0 radical (unpaired) electrons. The quantitative estimate of drug-likeness (QED) is 0.651. The van der Waals surface area contributed by atoms with E-state index >= 15 is 0 Å². The maximum atomic E-state index is 5.61. The van der Waals surface area contributed by atoms with Crippen LogP contribution in [0.3, 0.4) is 0 Å². The molecule has 1 heterocycles. The molecule has 106 valence electrons. The molecule has 1 aliphatic heterocycles. The lowest BCUT2D eigenvalue weighted by atomic mass is 9.88. The number of hydrogen-bond donors (Lipinski definition) is 0. The fourth-order valence-electron chi connectivity index (χ4n) is 2.74. The molecule has 4 atom stereocenters. The molecule has 0 N–H and O–H groups in total. The lowest BCUT2D eigenvalue weighted by Gasteiger charge is -2.18. The zero-order chi connectivity index (χ0) is 13.8. The SMILES string of the molecule is CCC(C)C(C)Cc1ccc(CC2OC2CC)cc1. The molecule has 1 saturated heterocycles. The van der Waals surface area contributed by atoms with Gasteiger partial charge in [-0.25, -0.2) is 0 Å². The van der Waals surface area contributed by atoms with Crippen LogP contribution in [0.25, 0.3) is 0 Å². The summed E-state index contributed by atoms with van der Waals surface area (Å²) in [5.41, 5.74) is 2.89. The van der Waals surface area contributed by atoms with Gasteiger partial charge < -0.3 is 4.74 Å². The summed E-state index contributed by atoms with van der Waals surface area (Å²) >= 11 is 0. The van der Waals surface area contributed by atoms with Crippen LogP contribution in [0.2, 0.25) is 0 Å². The van der Waals surface area contributed by atoms with Crippen molar-refractivity contribution in [2.75, 3.05) is 0 Å². The third-order valence-corrected chi connectivity index (χ3v) is 4.72. The summed E-state index contributed by atoms with van der Waals surface area (Å²) in [6.07, 6.45) is 5.71. The Bertz CT molecular complexity index is 381. The highest BCUT2D eigenvalue weighted by Crippen LogP contribution is 2.28. The molecule has 0 aromatic heterocycles. The first-order chi connectivity index (χ1) is 9.13. The second-order valence-electron chi connectivity index (χ2n) is 6.21. The van der Waals surface area contributed by atoms with E-state index in [0.29, 0.717) is 12.2 Å². The van der Waals surface area contributed by atoms with Crippen LogP contribution in [0.15, 0.2) is 24.3 Å². The van der Waals surface area contributed by atoms with Crippen LogP contribution in [-0.2, 0) is 17.6 Å². The first-order valence-corrected chi connectivity index (χ1v) is 7.87. The van der Waals surface area contributed by atoms with Crippen molar-refractivity contribution in [1.82, 2.24) is 0 Å². The van der Waals surface area contributed by atoms with Gasteiger partial charge in [0.05, 0.1) is 12.2 Å². The van der Waals surface area contributed by atoms with E-state index in [1.165, 1.54) is 24.0 Å². The van der Waals surface area contributed by atoms with Gasteiger partial charge in [-0.3, -0.25) is 0 Å². The summed E-state index contributed by atoms with van der Waals surface area (Å²) in [4.78, 5) is 0. The van der Waals surface area contributed by atoms with Crippen molar-refractivity contribution in [3.8, 4) is 0 Å². The maximum absolute atomic E-state index is 5.61. The van der Waals surface area contributed by atoms with Crippen molar-refractivity contribution in [3.63, 3.8) is 0 Å². The Morgan fingerprint density at radius 1 is 0.947 bits per heavy atom. The standard InChI is InChI=1S/C18H28O/c1-5-13(3)14(4)11-15-7-9-16(10-8-15)12-18-17(6-2)19-18/h7-10,13-14,17-18H,5-6,11-12H2,1-4H3. The Hall–Kier alpha value is -0.820. The predicted molar refractivity (Wildman–Crippen MR) is 81.4 cm³/mol. The van der Waals surface area contributed by atoms with E-state index in [1.807, 2.05) is 0 Å². The van der Waals surface area contributed by atoms with Gasteiger partial charge in [0.1, 0.15) is 0 Å². The number of hydrogen-bond acceptors (Lipinski definition) is 1. The van der Waals surface area contributed by atoms with Crippen LogP contribution in [0, 0.1) is 11.8 Å². The van der Waals surface area contributed by atoms with Gasteiger partial charge in [0, 0.05) is 6.42 Å². The van der Waals surface area contributed by atoms with Gasteiger partial charge in [0.25, 0.3) is 0 Å². The van der Waals surface area contributed by atoms with E-state index in [0.717, 1.165) is 24.7 Å². The fourth-order valence-corrected chi connectivity index (χ4v) is 2.74. The van der Waals surface area contributed by atoms with E-state index < -0.39 is 0 Å². The van der Waals surface area contributed by atoms with Crippen molar-refractivity contribution in [1.29, 1.82) is 0 Å². The molecule has 0 amide bonds. The largest absolute Gasteiger partial charge is 0.369 e. The monoisotopic (exact) mass is 260 g/mol. The molecule has 1 aliphatic rings. The third kappa shape index (κ3) is 4.07. The van der Waals surface area contributed by atoms with E-state index in [1.54, 1.807) is 0 Å². The Morgan fingerprint density at radius 3 is 2.11 bits per heavy atom. The zero-order valence-corrected chi connectivity index (χ0v) is 12.9. The van der Waals surface area contributed by atoms with Crippen LogP contribution < -0.4 is 0 Å². The summed E-state index contributed by atoms with van der Waals surface area (Å²) in [6.45, 7) is 9.20.